The zero-order valence-electron chi connectivity index (χ0n) is 21.4. The van der Waals surface area contributed by atoms with Crippen LogP contribution in [0.1, 0.15) is 41.7 Å². The lowest BCUT2D eigenvalue weighted by Crippen LogP contribution is -2.37. The normalized spacial score (nSPS) is 16.9. The summed E-state index contributed by atoms with van der Waals surface area (Å²) in [6.07, 6.45) is 4.62. The van der Waals surface area contributed by atoms with Gasteiger partial charge in [0, 0.05) is 49.1 Å². The van der Waals surface area contributed by atoms with E-state index in [1.54, 1.807) is 36.3 Å². The zero-order chi connectivity index (χ0) is 25.5. The van der Waals surface area contributed by atoms with Gasteiger partial charge in [-0.3, -0.25) is 14.2 Å². The first-order valence-corrected chi connectivity index (χ1v) is 13.9. The number of methoxy groups -OCH3 is 1. The third-order valence-electron chi connectivity index (χ3n) is 8.07. The number of aromatic nitrogens is 2. The average molecular weight is 517 g/mol. The number of benzene rings is 2. The standard InChI is InChI=1S/C29H32N4O3S/c1-19(34)32-14-11-25-23(17-32)27-28(37-25)30-18-33(29(27)35)16-15-31-12-9-21(10-13-31)26-22-6-4-3-5-20(22)7-8-24(26)36-2/h3-8,18,21H,9-17H2,1-2H3. The number of thiophene rings is 1. The summed E-state index contributed by atoms with van der Waals surface area (Å²) in [5, 5.41) is 3.24. The smallest absolute Gasteiger partial charge is 0.262 e. The molecule has 192 valence electrons. The molecule has 4 aromatic rings. The molecule has 2 aromatic heterocycles. The van der Waals surface area contributed by atoms with E-state index in [-0.39, 0.29) is 11.5 Å². The molecule has 8 heteroatoms. The van der Waals surface area contributed by atoms with Gasteiger partial charge in [-0.25, -0.2) is 4.98 Å². The van der Waals surface area contributed by atoms with E-state index in [1.807, 2.05) is 4.90 Å². The molecule has 6 rings (SSSR count). The highest BCUT2D eigenvalue weighted by Gasteiger charge is 2.27. The summed E-state index contributed by atoms with van der Waals surface area (Å²) < 4.78 is 7.51. The molecule has 0 N–H and O–H groups in total. The maximum absolute atomic E-state index is 13.4. The van der Waals surface area contributed by atoms with Gasteiger partial charge in [-0.05, 0) is 55.1 Å². The Labute approximate surface area is 220 Å². The molecule has 37 heavy (non-hydrogen) atoms. The van der Waals surface area contributed by atoms with Crippen LogP contribution in [0.15, 0.2) is 47.5 Å². The molecule has 2 aromatic carbocycles. The fourth-order valence-corrected chi connectivity index (χ4v) is 7.13. The topological polar surface area (TPSA) is 67.7 Å². The van der Waals surface area contributed by atoms with Gasteiger partial charge in [0.05, 0.1) is 18.8 Å². The Balaban J connectivity index is 1.16. The number of carbonyl (C=O) groups is 1. The maximum atomic E-state index is 13.4. The van der Waals surface area contributed by atoms with Gasteiger partial charge in [0.25, 0.3) is 5.56 Å². The summed E-state index contributed by atoms with van der Waals surface area (Å²) in [5.41, 5.74) is 2.34. The minimum atomic E-state index is 0.0169. The van der Waals surface area contributed by atoms with Crippen molar-refractivity contribution in [1.29, 1.82) is 0 Å². The van der Waals surface area contributed by atoms with Crippen LogP contribution in [0.4, 0.5) is 0 Å². The molecule has 4 heterocycles. The number of amides is 1. The van der Waals surface area contributed by atoms with E-state index < -0.39 is 0 Å². The van der Waals surface area contributed by atoms with Crippen LogP contribution in [0.2, 0.25) is 0 Å². The van der Waals surface area contributed by atoms with Crippen molar-refractivity contribution in [2.75, 3.05) is 33.3 Å². The molecule has 0 radical (unpaired) electrons. The Hall–Kier alpha value is -3.23. The summed E-state index contributed by atoms with van der Waals surface area (Å²) >= 11 is 1.60. The third kappa shape index (κ3) is 4.42. The van der Waals surface area contributed by atoms with Crippen LogP contribution in [-0.4, -0.2) is 58.5 Å². The Morgan fingerprint density at radius 3 is 2.70 bits per heavy atom. The largest absolute Gasteiger partial charge is 0.496 e. The van der Waals surface area contributed by atoms with Crippen molar-refractivity contribution in [3.8, 4) is 5.75 Å². The summed E-state index contributed by atoms with van der Waals surface area (Å²) in [4.78, 5) is 36.2. The molecule has 1 amide bonds. The van der Waals surface area contributed by atoms with Crippen molar-refractivity contribution in [2.45, 2.75) is 45.2 Å². The minimum absolute atomic E-state index is 0.0169. The van der Waals surface area contributed by atoms with Crippen molar-refractivity contribution in [2.24, 2.45) is 0 Å². The lowest BCUT2D eigenvalue weighted by Gasteiger charge is -2.33. The quantitative estimate of drug-likeness (QED) is 0.393. The van der Waals surface area contributed by atoms with Gasteiger partial charge in [0.1, 0.15) is 10.6 Å². The number of rotatable bonds is 5. The second-order valence-corrected chi connectivity index (χ2v) is 11.2. The molecule has 1 fully saturated rings. The average Bonchev–Trinajstić information content (AvgIpc) is 3.31. The molecule has 0 spiro atoms. The molecular weight excluding hydrogens is 484 g/mol. The number of piperidine rings is 1. The van der Waals surface area contributed by atoms with E-state index in [0.29, 0.717) is 30.9 Å². The number of likely N-dealkylation sites (tertiary alicyclic amines) is 1. The van der Waals surface area contributed by atoms with E-state index in [0.717, 1.165) is 55.0 Å². The second-order valence-electron chi connectivity index (χ2n) is 10.1. The molecule has 2 aliphatic rings. The number of ether oxygens (including phenoxy) is 1. The summed E-state index contributed by atoms with van der Waals surface area (Å²) in [6, 6.07) is 12.8. The van der Waals surface area contributed by atoms with Gasteiger partial charge in [0.2, 0.25) is 5.91 Å². The Morgan fingerprint density at radius 1 is 1.11 bits per heavy atom. The van der Waals surface area contributed by atoms with Crippen molar-refractivity contribution in [1.82, 2.24) is 19.4 Å². The SMILES string of the molecule is COc1ccc2ccccc2c1C1CCN(CCn2cnc3sc4c(c3c2=O)CN(C(C)=O)CC4)CC1. The fourth-order valence-electron chi connectivity index (χ4n) is 6.00. The fraction of sp³-hybridized carbons (Fsp3) is 0.414. The minimum Gasteiger partial charge on any atom is -0.496 e. The number of carbonyl (C=O) groups excluding carboxylic acids is 1. The van der Waals surface area contributed by atoms with Gasteiger partial charge >= 0.3 is 0 Å². The number of hydrogen-bond acceptors (Lipinski definition) is 6. The van der Waals surface area contributed by atoms with Crippen LogP contribution in [-0.2, 0) is 24.3 Å². The van der Waals surface area contributed by atoms with E-state index in [2.05, 4.69) is 46.3 Å². The van der Waals surface area contributed by atoms with Gasteiger partial charge < -0.3 is 14.5 Å². The maximum Gasteiger partial charge on any atom is 0.262 e. The monoisotopic (exact) mass is 516 g/mol. The predicted octanol–water partition coefficient (Wildman–Crippen LogP) is 4.40. The molecule has 0 saturated carbocycles. The number of fused-ring (bicyclic) bond motifs is 4. The van der Waals surface area contributed by atoms with Crippen LogP contribution in [0.5, 0.6) is 5.75 Å². The first-order valence-electron chi connectivity index (χ1n) is 13.1. The lowest BCUT2D eigenvalue weighted by molar-refractivity contribution is -0.129. The highest BCUT2D eigenvalue weighted by molar-refractivity contribution is 7.18. The highest BCUT2D eigenvalue weighted by atomic mass is 32.1. The number of nitrogens with zero attached hydrogens (tertiary/aromatic N) is 4. The molecule has 1 saturated heterocycles. The van der Waals surface area contributed by atoms with Crippen LogP contribution in [0.3, 0.4) is 0 Å². The lowest BCUT2D eigenvalue weighted by atomic mass is 9.85. The molecule has 0 bridgehead atoms. The van der Waals surface area contributed by atoms with Crippen LogP contribution >= 0.6 is 11.3 Å². The van der Waals surface area contributed by atoms with Crippen LogP contribution in [0.25, 0.3) is 21.0 Å². The van der Waals surface area contributed by atoms with E-state index in [1.165, 1.54) is 21.2 Å². The molecule has 0 aliphatic carbocycles. The van der Waals surface area contributed by atoms with Crippen molar-refractivity contribution in [3.63, 3.8) is 0 Å². The molecular formula is C29H32N4O3S. The molecule has 7 nitrogen and oxygen atoms in total. The van der Waals surface area contributed by atoms with Gasteiger partial charge in [-0.2, -0.15) is 0 Å². The third-order valence-corrected chi connectivity index (χ3v) is 9.27. The summed E-state index contributed by atoms with van der Waals surface area (Å²) in [6.45, 7) is 6.23. The predicted molar refractivity (Wildman–Crippen MR) is 148 cm³/mol. The Bertz CT molecular complexity index is 1530. The van der Waals surface area contributed by atoms with E-state index in [4.69, 9.17) is 4.74 Å². The first-order chi connectivity index (χ1) is 18.0. The number of hydrogen-bond donors (Lipinski definition) is 0. The van der Waals surface area contributed by atoms with Crippen molar-refractivity contribution >= 4 is 38.2 Å². The second kappa shape index (κ2) is 9.91. The van der Waals surface area contributed by atoms with Gasteiger partial charge in [0.15, 0.2) is 0 Å². The molecule has 0 atom stereocenters. The molecule has 0 unspecified atom stereocenters. The van der Waals surface area contributed by atoms with E-state index >= 15 is 0 Å². The Morgan fingerprint density at radius 2 is 1.92 bits per heavy atom. The summed E-state index contributed by atoms with van der Waals surface area (Å²) in [7, 11) is 1.76. The van der Waals surface area contributed by atoms with Crippen LogP contribution in [0, 0.1) is 0 Å². The van der Waals surface area contributed by atoms with Gasteiger partial charge in [-0.15, -0.1) is 11.3 Å². The highest BCUT2D eigenvalue weighted by Crippen LogP contribution is 2.39. The zero-order valence-corrected chi connectivity index (χ0v) is 22.2. The Kier molecular flexibility index (Phi) is 6.46. The van der Waals surface area contributed by atoms with Crippen molar-refractivity contribution < 1.29 is 9.53 Å². The van der Waals surface area contributed by atoms with Crippen molar-refractivity contribution in [3.05, 3.63) is 69.1 Å². The van der Waals surface area contributed by atoms with E-state index in [9.17, 15) is 9.59 Å². The van der Waals surface area contributed by atoms with Gasteiger partial charge in [-0.1, -0.05) is 30.3 Å². The molecule has 2 aliphatic heterocycles. The first kappa shape index (κ1) is 24.1. The summed E-state index contributed by atoms with van der Waals surface area (Å²) in [5.74, 6) is 1.49. The van der Waals surface area contributed by atoms with Crippen LogP contribution < -0.4 is 10.3 Å².